The zero-order valence-electron chi connectivity index (χ0n) is 20.0. The molecule has 1 saturated heterocycles. The van der Waals surface area contributed by atoms with Crippen LogP contribution < -0.4 is 4.90 Å². The molecule has 0 aromatic heterocycles. The molecule has 6 nitrogen and oxygen atoms in total. The van der Waals surface area contributed by atoms with Gasteiger partial charge in [0.05, 0.1) is 23.2 Å². The first-order valence-electron chi connectivity index (χ1n) is 11.2. The average molecular weight is 467 g/mol. The number of ketones is 1. The molecule has 1 amide bonds. The van der Waals surface area contributed by atoms with Gasteiger partial charge in [-0.2, -0.15) is 5.26 Å². The van der Waals surface area contributed by atoms with Crippen molar-refractivity contribution in [1.29, 1.82) is 5.26 Å². The van der Waals surface area contributed by atoms with E-state index in [4.69, 9.17) is 5.26 Å². The van der Waals surface area contributed by atoms with Gasteiger partial charge in [0.1, 0.15) is 11.5 Å². The summed E-state index contributed by atoms with van der Waals surface area (Å²) in [7, 11) is 0. The number of benzene rings is 3. The number of aliphatic hydroxyl groups excluding tert-OH is 1. The normalized spacial score (nSPS) is 17.5. The monoisotopic (exact) mass is 466 g/mol. The fourth-order valence-electron chi connectivity index (χ4n) is 4.29. The van der Waals surface area contributed by atoms with Crippen LogP contribution in [-0.2, 0) is 15.0 Å². The summed E-state index contributed by atoms with van der Waals surface area (Å²) < 4.78 is 0. The van der Waals surface area contributed by atoms with Crippen LogP contribution in [0.4, 0.5) is 5.69 Å². The topological polar surface area (TPSA) is 102 Å². The first-order chi connectivity index (χ1) is 16.5. The molecule has 3 aromatic carbocycles. The highest BCUT2D eigenvalue weighted by Crippen LogP contribution is 2.43. The van der Waals surface area contributed by atoms with Crippen molar-refractivity contribution >= 4 is 23.1 Å². The predicted molar refractivity (Wildman–Crippen MR) is 134 cm³/mol. The van der Waals surface area contributed by atoms with Crippen molar-refractivity contribution in [3.8, 4) is 11.8 Å². The number of nitrogens with zero attached hydrogens (tertiary/aromatic N) is 2. The number of hydrogen-bond acceptors (Lipinski definition) is 5. The first-order valence-corrected chi connectivity index (χ1v) is 11.2. The zero-order chi connectivity index (χ0) is 25.5. The van der Waals surface area contributed by atoms with Crippen LogP contribution in [0.25, 0.3) is 5.76 Å². The molecule has 1 atom stereocenters. The Kier molecular flexibility index (Phi) is 5.96. The number of anilines is 1. The first kappa shape index (κ1) is 23.8. The third kappa shape index (κ3) is 4.29. The number of amides is 1. The Bertz CT molecular complexity index is 1410. The smallest absolute Gasteiger partial charge is 0.300 e. The molecule has 1 aliphatic rings. The lowest BCUT2D eigenvalue weighted by molar-refractivity contribution is -0.132. The second-order valence-corrected chi connectivity index (χ2v) is 9.70. The van der Waals surface area contributed by atoms with E-state index in [0.717, 1.165) is 11.1 Å². The Morgan fingerprint density at radius 3 is 2.29 bits per heavy atom. The molecule has 1 fully saturated rings. The molecule has 0 saturated carbocycles. The molecule has 6 heteroatoms. The fourth-order valence-corrected chi connectivity index (χ4v) is 4.29. The van der Waals surface area contributed by atoms with E-state index in [1.807, 2.05) is 31.2 Å². The summed E-state index contributed by atoms with van der Waals surface area (Å²) in [6.07, 6.45) is 0. The minimum absolute atomic E-state index is 0.0289. The minimum Gasteiger partial charge on any atom is -0.508 e. The summed E-state index contributed by atoms with van der Waals surface area (Å²) in [5, 5.41) is 30.8. The summed E-state index contributed by atoms with van der Waals surface area (Å²) in [5.74, 6) is -1.91. The molecular formula is C29H26N2O4. The van der Waals surface area contributed by atoms with E-state index in [-0.39, 0.29) is 22.5 Å². The number of phenols is 1. The van der Waals surface area contributed by atoms with Crippen molar-refractivity contribution in [3.05, 3.63) is 100 Å². The predicted octanol–water partition coefficient (Wildman–Crippen LogP) is 5.50. The van der Waals surface area contributed by atoms with Crippen LogP contribution >= 0.6 is 0 Å². The van der Waals surface area contributed by atoms with Gasteiger partial charge in [0.25, 0.3) is 11.7 Å². The maximum absolute atomic E-state index is 13.4. The largest absolute Gasteiger partial charge is 0.508 e. The average Bonchev–Trinajstić information content (AvgIpc) is 3.08. The molecular weight excluding hydrogens is 440 g/mol. The molecule has 0 aliphatic carbocycles. The molecule has 0 radical (unpaired) electrons. The van der Waals surface area contributed by atoms with Gasteiger partial charge >= 0.3 is 0 Å². The molecule has 35 heavy (non-hydrogen) atoms. The van der Waals surface area contributed by atoms with Crippen LogP contribution in [0.1, 0.15) is 54.6 Å². The second-order valence-electron chi connectivity index (χ2n) is 9.70. The molecule has 3 aromatic rings. The summed E-state index contributed by atoms with van der Waals surface area (Å²) in [6.45, 7) is 8.00. The molecule has 2 N–H and O–H groups in total. The minimum atomic E-state index is -0.965. The summed E-state index contributed by atoms with van der Waals surface area (Å²) >= 11 is 0. The van der Waals surface area contributed by atoms with Crippen LogP contribution in [0.15, 0.2) is 72.3 Å². The third-order valence-electron chi connectivity index (χ3n) is 6.26. The van der Waals surface area contributed by atoms with Gasteiger partial charge in [0, 0.05) is 11.3 Å². The summed E-state index contributed by atoms with van der Waals surface area (Å²) in [6, 6.07) is 19.4. The van der Waals surface area contributed by atoms with Crippen LogP contribution in [0.3, 0.4) is 0 Å². The van der Waals surface area contributed by atoms with Crippen LogP contribution in [0.2, 0.25) is 0 Å². The standard InChI is InChI=1S/C29H26N2O4/c1-17-8-11-20(29(2,3)4)15-23(17)26(33)24-25(19-6-5-7-22(32)14-19)31(28(35)27(24)34)21-12-9-18(16-30)10-13-21/h5-15,25,32-33H,1-4H3/b26-24+. The number of nitriles is 1. The molecule has 1 aliphatic heterocycles. The number of aliphatic hydroxyl groups is 1. The van der Waals surface area contributed by atoms with E-state index < -0.39 is 17.7 Å². The maximum atomic E-state index is 13.4. The third-order valence-corrected chi connectivity index (χ3v) is 6.26. The van der Waals surface area contributed by atoms with Crippen LogP contribution in [-0.4, -0.2) is 21.9 Å². The van der Waals surface area contributed by atoms with Gasteiger partial charge in [-0.1, -0.05) is 45.0 Å². The Labute approximate surface area is 204 Å². The van der Waals surface area contributed by atoms with Crippen molar-refractivity contribution in [3.63, 3.8) is 0 Å². The van der Waals surface area contributed by atoms with E-state index in [0.29, 0.717) is 22.4 Å². The van der Waals surface area contributed by atoms with Crippen molar-refractivity contribution in [2.24, 2.45) is 0 Å². The summed E-state index contributed by atoms with van der Waals surface area (Å²) in [5.41, 5.74) is 3.24. The number of carbonyl (C=O) groups is 2. The number of rotatable bonds is 3. The highest BCUT2D eigenvalue weighted by molar-refractivity contribution is 6.51. The lowest BCUT2D eigenvalue weighted by Crippen LogP contribution is -2.29. The SMILES string of the molecule is Cc1ccc(C(C)(C)C)cc1/C(O)=C1\C(=O)C(=O)N(c2ccc(C#N)cc2)C1c1cccc(O)c1. The van der Waals surface area contributed by atoms with Crippen molar-refractivity contribution in [1.82, 2.24) is 0 Å². The molecule has 176 valence electrons. The van der Waals surface area contributed by atoms with Gasteiger partial charge in [0.15, 0.2) is 0 Å². The Morgan fingerprint density at radius 2 is 1.69 bits per heavy atom. The number of hydrogen-bond donors (Lipinski definition) is 2. The summed E-state index contributed by atoms with van der Waals surface area (Å²) in [4.78, 5) is 28.0. The Balaban J connectivity index is 1.98. The van der Waals surface area contributed by atoms with Gasteiger partial charge in [-0.3, -0.25) is 14.5 Å². The van der Waals surface area contributed by atoms with E-state index >= 15 is 0 Å². The van der Waals surface area contributed by atoms with Crippen LogP contribution in [0, 0.1) is 18.3 Å². The number of aryl methyl sites for hydroxylation is 1. The lowest BCUT2D eigenvalue weighted by Gasteiger charge is -2.26. The van der Waals surface area contributed by atoms with Gasteiger partial charge in [0.2, 0.25) is 0 Å². The van der Waals surface area contributed by atoms with E-state index in [1.165, 1.54) is 17.0 Å². The lowest BCUT2D eigenvalue weighted by atomic mass is 9.84. The van der Waals surface area contributed by atoms with Crippen molar-refractivity contribution in [2.45, 2.75) is 39.2 Å². The molecule has 4 rings (SSSR count). The highest BCUT2D eigenvalue weighted by Gasteiger charge is 2.47. The second kappa shape index (κ2) is 8.77. The van der Waals surface area contributed by atoms with Gasteiger partial charge in [-0.25, -0.2) is 0 Å². The van der Waals surface area contributed by atoms with Gasteiger partial charge < -0.3 is 10.2 Å². The Hall–Kier alpha value is -4.37. The fraction of sp³-hybridized carbons (Fsp3) is 0.207. The maximum Gasteiger partial charge on any atom is 0.300 e. The van der Waals surface area contributed by atoms with Gasteiger partial charge in [-0.05, 0) is 71.5 Å². The number of phenolic OH excluding ortho intramolecular Hbond substituents is 1. The molecule has 0 spiro atoms. The molecule has 1 unspecified atom stereocenters. The quantitative estimate of drug-likeness (QED) is 0.302. The zero-order valence-corrected chi connectivity index (χ0v) is 20.0. The van der Waals surface area contributed by atoms with Gasteiger partial charge in [-0.15, -0.1) is 0 Å². The Morgan fingerprint density at radius 1 is 1.00 bits per heavy atom. The van der Waals surface area contributed by atoms with Crippen LogP contribution in [0.5, 0.6) is 5.75 Å². The number of aromatic hydroxyl groups is 1. The van der Waals surface area contributed by atoms with E-state index in [1.54, 1.807) is 36.4 Å². The van der Waals surface area contributed by atoms with E-state index in [9.17, 15) is 19.8 Å². The number of carbonyl (C=O) groups excluding carboxylic acids is 2. The molecule has 0 bridgehead atoms. The van der Waals surface area contributed by atoms with Crippen molar-refractivity contribution in [2.75, 3.05) is 4.90 Å². The van der Waals surface area contributed by atoms with Crippen molar-refractivity contribution < 1.29 is 19.8 Å². The highest BCUT2D eigenvalue weighted by atomic mass is 16.3. The van der Waals surface area contributed by atoms with E-state index in [2.05, 4.69) is 20.8 Å². The molecule has 1 heterocycles. The number of Topliss-reactive ketones (excluding diaryl/α,β-unsaturated/α-hetero) is 1.